The van der Waals surface area contributed by atoms with Crippen molar-refractivity contribution in [3.63, 3.8) is 0 Å². The topological polar surface area (TPSA) is 70.7 Å². The molecule has 3 amide bonds. The number of carbonyl (C=O) groups excluding carboxylic acids is 2. The molecule has 2 N–H and O–H groups in total. The second-order valence-corrected chi connectivity index (χ2v) is 6.58. The third kappa shape index (κ3) is 4.69. The predicted molar refractivity (Wildman–Crippen MR) is 91.9 cm³/mol. The fourth-order valence-electron chi connectivity index (χ4n) is 2.49. The van der Waals surface area contributed by atoms with Gasteiger partial charge in [-0.25, -0.2) is 9.18 Å². The fourth-order valence-corrected chi connectivity index (χ4v) is 3.13. The van der Waals surface area contributed by atoms with Gasteiger partial charge in [-0.3, -0.25) is 4.79 Å². The van der Waals surface area contributed by atoms with Gasteiger partial charge in [0.25, 0.3) is 5.91 Å². The zero-order valence-electron chi connectivity index (χ0n) is 13.5. The van der Waals surface area contributed by atoms with Crippen LogP contribution in [0.5, 0.6) is 5.75 Å². The van der Waals surface area contributed by atoms with Crippen LogP contribution in [0.4, 0.5) is 9.18 Å². The normalized spacial score (nSPS) is 13.6. The van der Waals surface area contributed by atoms with Crippen LogP contribution in [0.3, 0.4) is 0 Å². The summed E-state index contributed by atoms with van der Waals surface area (Å²) < 4.78 is 18.8. The Hall–Kier alpha value is -2.61. The average Bonchev–Trinajstić information content (AvgIpc) is 3.06. The molecule has 0 fully saturated rings. The number of amides is 3. The summed E-state index contributed by atoms with van der Waals surface area (Å²) in [6.45, 7) is 1.25. The van der Waals surface area contributed by atoms with Crippen molar-refractivity contribution in [2.45, 2.75) is 13.1 Å². The van der Waals surface area contributed by atoms with Crippen LogP contribution in [-0.2, 0) is 17.9 Å². The van der Waals surface area contributed by atoms with Gasteiger partial charge >= 0.3 is 6.03 Å². The molecule has 1 aromatic carbocycles. The highest BCUT2D eigenvalue weighted by atomic mass is 32.1. The van der Waals surface area contributed by atoms with Crippen LogP contribution in [0.1, 0.15) is 10.4 Å². The van der Waals surface area contributed by atoms with Crippen LogP contribution in [0.25, 0.3) is 0 Å². The number of urea groups is 1. The Balaban J connectivity index is 1.48. The van der Waals surface area contributed by atoms with E-state index in [1.807, 2.05) is 17.5 Å². The number of benzene rings is 1. The standard InChI is InChI=1S/C17H18FN3O3S/c18-13-3-4-15-12(8-13)10-21(16(22)11-24-15)6-5-19-17(23)20-9-14-2-1-7-25-14/h1-4,7-8H,5-6,9-11H2,(H2,19,20,23). The van der Waals surface area contributed by atoms with E-state index in [9.17, 15) is 14.0 Å². The number of nitrogens with one attached hydrogen (secondary N) is 2. The Morgan fingerprint density at radius 3 is 3.00 bits per heavy atom. The van der Waals surface area contributed by atoms with E-state index in [4.69, 9.17) is 4.74 Å². The second kappa shape index (κ2) is 7.98. The van der Waals surface area contributed by atoms with E-state index in [0.717, 1.165) is 4.88 Å². The summed E-state index contributed by atoms with van der Waals surface area (Å²) in [5, 5.41) is 7.41. The largest absolute Gasteiger partial charge is 0.483 e. The van der Waals surface area contributed by atoms with E-state index >= 15 is 0 Å². The lowest BCUT2D eigenvalue weighted by Gasteiger charge is -2.20. The molecule has 1 aliphatic rings. The van der Waals surface area contributed by atoms with Gasteiger partial charge in [0, 0.05) is 30.1 Å². The van der Waals surface area contributed by atoms with Crippen LogP contribution in [-0.4, -0.2) is 36.5 Å². The molecular weight excluding hydrogens is 345 g/mol. The summed E-state index contributed by atoms with van der Waals surface area (Å²) in [5.41, 5.74) is 0.619. The van der Waals surface area contributed by atoms with Crippen LogP contribution in [0.15, 0.2) is 35.7 Å². The van der Waals surface area contributed by atoms with Crippen molar-refractivity contribution in [1.29, 1.82) is 0 Å². The van der Waals surface area contributed by atoms with Crippen molar-refractivity contribution in [1.82, 2.24) is 15.5 Å². The summed E-state index contributed by atoms with van der Waals surface area (Å²) >= 11 is 1.57. The highest BCUT2D eigenvalue weighted by molar-refractivity contribution is 7.09. The second-order valence-electron chi connectivity index (χ2n) is 5.54. The van der Waals surface area contributed by atoms with E-state index < -0.39 is 0 Å². The minimum Gasteiger partial charge on any atom is -0.483 e. The number of fused-ring (bicyclic) bond motifs is 1. The third-order valence-electron chi connectivity index (χ3n) is 3.76. The molecule has 0 saturated carbocycles. The molecule has 0 aliphatic carbocycles. The number of halogens is 1. The molecule has 0 unspecified atom stereocenters. The highest BCUT2D eigenvalue weighted by Gasteiger charge is 2.21. The summed E-state index contributed by atoms with van der Waals surface area (Å²) in [7, 11) is 0. The van der Waals surface area contributed by atoms with Crippen LogP contribution in [0, 0.1) is 5.82 Å². The van der Waals surface area contributed by atoms with Gasteiger partial charge in [-0.05, 0) is 29.6 Å². The first kappa shape index (κ1) is 17.2. The Labute approximate surface area is 148 Å². The van der Waals surface area contributed by atoms with E-state index in [2.05, 4.69) is 10.6 Å². The van der Waals surface area contributed by atoms with Crippen molar-refractivity contribution in [3.8, 4) is 5.75 Å². The molecule has 0 radical (unpaired) electrons. The molecule has 0 bridgehead atoms. The Bertz CT molecular complexity index is 752. The quantitative estimate of drug-likeness (QED) is 0.855. The molecule has 0 spiro atoms. The minimum absolute atomic E-state index is 0.0940. The lowest BCUT2D eigenvalue weighted by molar-refractivity contribution is -0.133. The number of nitrogens with zero attached hydrogens (tertiary/aromatic N) is 1. The molecular formula is C17H18FN3O3S. The zero-order valence-corrected chi connectivity index (χ0v) is 14.3. The molecule has 0 atom stereocenters. The molecule has 0 saturated heterocycles. The first-order valence-corrected chi connectivity index (χ1v) is 8.73. The highest BCUT2D eigenvalue weighted by Crippen LogP contribution is 2.24. The van der Waals surface area contributed by atoms with Gasteiger partial charge in [0.2, 0.25) is 0 Å². The van der Waals surface area contributed by atoms with Gasteiger partial charge in [-0.15, -0.1) is 11.3 Å². The van der Waals surface area contributed by atoms with Crippen molar-refractivity contribution in [3.05, 3.63) is 52.0 Å². The van der Waals surface area contributed by atoms with E-state index in [1.165, 1.54) is 18.2 Å². The van der Waals surface area contributed by atoms with Gasteiger partial charge in [0.15, 0.2) is 6.61 Å². The number of hydrogen-bond donors (Lipinski definition) is 2. The molecule has 2 heterocycles. The molecule has 3 rings (SSSR count). The maximum absolute atomic E-state index is 13.4. The number of carbonyl (C=O) groups is 2. The first-order valence-electron chi connectivity index (χ1n) is 7.85. The SMILES string of the molecule is O=C(NCCN1Cc2cc(F)ccc2OCC1=O)NCc1cccs1. The molecule has 6 nitrogen and oxygen atoms in total. The fraction of sp³-hybridized carbons (Fsp3) is 0.294. The summed E-state index contributed by atoms with van der Waals surface area (Å²) in [5.74, 6) is -0.0565. The van der Waals surface area contributed by atoms with Crippen molar-refractivity contribution in [2.24, 2.45) is 0 Å². The summed E-state index contributed by atoms with van der Waals surface area (Å²) in [4.78, 5) is 26.5. The number of rotatable bonds is 5. The predicted octanol–water partition coefficient (Wildman–Crippen LogP) is 2.11. The van der Waals surface area contributed by atoms with Crippen LogP contribution < -0.4 is 15.4 Å². The lowest BCUT2D eigenvalue weighted by atomic mass is 10.2. The maximum atomic E-state index is 13.4. The van der Waals surface area contributed by atoms with Gasteiger partial charge in [0.1, 0.15) is 11.6 Å². The first-order chi connectivity index (χ1) is 12.1. The van der Waals surface area contributed by atoms with E-state index in [1.54, 1.807) is 16.2 Å². The Morgan fingerprint density at radius 1 is 1.32 bits per heavy atom. The molecule has 25 heavy (non-hydrogen) atoms. The van der Waals surface area contributed by atoms with Crippen molar-refractivity contribution >= 4 is 23.3 Å². The van der Waals surface area contributed by atoms with Crippen LogP contribution >= 0.6 is 11.3 Å². The Morgan fingerprint density at radius 2 is 2.20 bits per heavy atom. The zero-order chi connectivity index (χ0) is 17.6. The molecule has 8 heteroatoms. The lowest BCUT2D eigenvalue weighted by Crippen LogP contribution is -2.42. The number of thiophene rings is 1. The van der Waals surface area contributed by atoms with Gasteiger partial charge in [0.05, 0.1) is 6.54 Å². The summed E-state index contributed by atoms with van der Waals surface area (Å²) in [6, 6.07) is 7.77. The smallest absolute Gasteiger partial charge is 0.315 e. The monoisotopic (exact) mass is 363 g/mol. The molecule has 132 valence electrons. The van der Waals surface area contributed by atoms with Gasteiger partial charge in [-0.2, -0.15) is 0 Å². The number of hydrogen-bond acceptors (Lipinski definition) is 4. The molecule has 1 aromatic heterocycles. The summed E-state index contributed by atoms with van der Waals surface area (Å²) in [6.07, 6.45) is 0. The average molecular weight is 363 g/mol. The maximum Gasteiger partial charge on any atom is 0.315 e. The minimum atomic E-state index is -0.372. The van der Waals surface area contributed by atoms with Gasteiger partial charge < -0.3 is 20.3 Å². The molecule has 1 aliphatic heterocycles. The van der Waals surface area contributed by atoms with Crippen LogP contribution in [0.2, 0.25) is 0 Å². The number of ether oxygens (including phenoxy) is 1. The Kier molecular flexibility index (Phi) is 5.49. The molecule has 2 aromatic rings. The van der Waals surface area contributed by atoms with Crippen molar-refractivity contribution < 1.29 is 18.7 Å². The van der Waals surface area contributed by atoms with Crippen molar-refractivity contribution in [2.75, 3.05) is 19.7 Å². The van der Waals surface area contributed by atoms with E-state index in [0.29, 0.717) is 30.9 Å². The van der Waals surface area contributed by atoms with E-state index in [-0.39, 0.29) is 30.9 Å². The third-order valence-corrected chi connectivity index (χ3v) is 4.63. The van der Waals surface area contributed by atoms with Gasteiger partial charge in [-0.1, -0.05) is 6.07 Å².